The van der Waals surface area contributed by atoms with E-state index in [1.165, 1.54) is 167 Å². The lowest BCUT2D eigenvalue weighted by Crippen LogP contribution is -2.48. The Bertz CT molecular complexity index is 821. The molecule has 1 fully saturated rings. The van der Waals surface area contributed by atoms with Crippen molar-refractivity contribution in [2.45, 2.75) is 259 Å². The summed E-state index contributed by atoms with van der Waals surface area (Å²) in [5.74, 6) is 0. The summed E-state index contributed by atoms with van der Waals surface area (Å²) < 4.78 is 23.7. The van der Waals surface area contributed by atoms with Gasteiger partial charge in [0.15, 0.2) is 12.2 Å². The van der Waals surface area contributed by atoms with Crippen molar-refractivity contribution in [2.24, 2.45) is 0 Å². The molecule has 0 N–H and O–H groups in total. The largest absolute Gasteiger partial charge is 0.509 e. The number of nitrogens with zero attached hydrogens (tertiary/aromatic N) is 1. The molecule has 314 valence electrons. The Morgan fingerprint density at radius 1 is 0.415 bits per heavy atom. The smallest absolute Gasteiger partial charge is 0.429 e. The summed E-state index contributed by atoms with van der Waals surface area (Å²) in [7, 11) is 0. The number of hydrogen-bond acceptors (Lipinski definition) is 6. The van der Waals surface area contributed by atoms with E-state index >= 15 is 0 Å². The van der Waals surface area contributed by atoms with E-state index in [0.717, 1.165) is 30.4 Å². The Hall–Kier alpha value is -1.50. The van der Waals surface area contributed by atoms with Crippen molar-refractivity contribution in [1.82, 2.24) is 0 Å². The Morgan fingerprint density at radius 2 is 0.642 bits per heavy atom. The average Bonchev–Trinajstić information content (AvgIpc) is 3.38. The number of hydrogen-bond donors (Lipinski definition) is 0. The Morgan fingerprint density at radius 3 is 0.868 bits per heavy atom. The van der Waals surface area contributed by atoms with Crippen LogP contribution in [-0.4, -0.2) is 66.4 Å². The molecule has 0 aliphatic carbocycles. The van der Waals surface area contributed by atoms with Gasteiger partial charge in [-0.15, -0.1) is 0 Å². The molecule has 1 aliphatic heterocycles. The highest BCUT2D eigenvalue weighted by Gasteiger charge is 2.50. The van der Waals surface area contributed by atoms with Gasteiger partial charge in [-0.25, -0.2) is 9.59 Å². The van der Waals surface area contributed by atoms with E-state index in [9.17, 15) is 9.59 Å². The molecule has 0 aromatic carbocycles. The standard InChI is InChI=1S/C46H90NO6/c1-9-11-13-15-17-19-21-23-25-27-29-31-33-35-37-47(38-36-34-32-30-28-26-24-22-20-18-16-14-12-10-2)39-41(50-43(48)52-45(3,4)5)42(40-47)51-44(49)53-46(6,7)8/h41-42H,9-40H2,1-8H3/q+1. The molecule has 7 nitrogen and oxygen atoms in total. The Balaban J connectivity index is 2.66. The van der Waals surface area contributed by atoms with Gasteiger partial charge in [-0.1, -0.05) is 168 Å². The number of carbonyl (C=O) groups excluding carboxylic acids is 2. The average molecular weight is 753 g/mol. The summed E-state index contributed by atoms with van der Waals surface area (Å²) >= 11 is 0. The maximum Gasteiger partial charge on any atom is 0.509 e. The molecule has 2 unspecified atom stereocenters. The lowest BCUT2D eigenvalue weighted by molar-refractivity contribution is -0.919. The van der Waals surface area contributed by atoms with Crippen molar-refractivity contribution in [3.05, 3.63) is 0 Å². The molecule has 1 heterocycles. The second-order valence-corrected chi connectivity index (χ2v) is 18.6. The number of quaternary nitrogens is 1. The van der Waals surface area contributed by atoms with Crippen LogP contribution in [0.2, 0.25) is 0 Å². The van der Waals surface area contributed by atoms with E-state index in [2.05, 4.69) is 13.8 Å². The Labute approximate surface area is 329 Å². The minimum atomic E-state index is -0.701. The predicted molar refractivity (Wildman–Crippen MR) is 223 cm³/mol. The fourth-order valence-corrected chi connectivity index (χ4v) is 7.86. The zero-order valence-corrected chi connectivity index (χ0v) is 36.7. The fourth-order valence-electron chi connectivity index (χ4n) is 7.86. The van der Waals surface area contributed by atoms with Gasteiger partial charge in [0.1, 0.15) is 24.3 Å². The van der Waals surface area contributed by atoms with Crippen molar-refractivity contribution in [1.29, 1.82) is 0 Å². The normalized spacial score (nSPS) is 17.2. The van der Waals surface area contributed by atoms with Gasteiger partial charge >= 0.3 is 12.3 Å². The topological polar surface area (TPSA) is 71.1 Å². The van der Waals surface area contributed by atoms with Gasteiger partial charge < -0.3 is 23.4 Å². The SMILES string of the molecule is CCCCCCCCCCCCCCCC[N+]1(CCCCCCCCCCCCCCCC)CC(OC(=O)OC(C)(C)C)C(OC(=O)OC(C)(C)C)C1. The zero-order chi connectivity index (χ0) is 39.3. The van der Waals surface area contributed by atoms with Crippen LogP contribution in [0, 0.1) is 0 Å². The van der Waals surface area contributed by atoms with E-state index in [-0.39, 0.29) is 0 Å². The van der Waals surface area contributed by atoms with Crippen molar-refractivity contribution in [3.8, 4) is 0 Å². The molecule has 2 atom stereocenters. The van der Waals surface area contributed by atoms with E-state index in [0.29, 0.717) is 13.1 Å². The summed E-state index contributed by atoms with van der Waals surface area (Å²) in [6, 6.07) is 0. The first kappa shape index (κ1) is 49.5. The third-order valence-electron chi connectivity index (χ3n) is 10.8. The second-order valence-electron chi connectivity index (χ2n) is 18.6. The van der Waals surface area contributed by atoms with Crippen molar-refractivity contribution in [3.63, 3.8) is 0 Å². The van der Waals surface area contributed by atoms with Crippen LogP contribution in [0.5, 0.6) is 0 Å². The fraction of sp³-hybridized carbons (Fsp3) is 0.957. The molecule has 1 rings (SSSR count). The summed E-state index contributed by atoms with van der Waals surface area (Å²) in [5.41, 5.74) is -1.32. The van der Waals surface area contributed by atoms with Gasteiger partial charge in [0.2, 0.25) is 0 Å². The molecule has 0 spiro atoms. The van der Waals surface area contributed by atoms with Crippen LogP contribution >= 0.6 is 0 Å². The lowest BCUT2D eigenvalue weighted by Gasteiger charge is -2.34. The van der Waals surface area contributed by atoms with Gasteiger partial charge in [0.05, 0.1) is 13.1 Å². The van der Waals surface area contributed by atoms with Crippen LogP contribution in [0.25, 0.3) is 0 Å². The Kier molecular flexibility index (Phi) is 27.8. The summed E-state index contributed by atoms with van der Waals surface area (Å²) in [4.78, 5) is 25.7. The van der Waals surface area contributed by atoms with Crippen molar-refractivity contribution < 1.29 is 33.0 Å². The highest BCUT2D eigenvalue weighted by atomic mass is 16.8. The maximum absolute atomic E-state index is 12.9. The number of unbranched alkanes of at least 4 members (excludes halogenated alkanes) is 26. The van der Waals surface area contributed by atoms with Gasteiger partial charge in [-0.2, -0.15) is 0 Å². The molecule has 1 aliphatic rings. The van der Waals surface area contributed by atoms with E-state index in [4.69, 9.17) is 18.9 Å². The first-order chi connectivity index (χ1) is 25.3. The quantitative estimate of drug-likeness (QED) is 0.0387. The summed E-state index contributed by atoms with van der Waals surface area (Å²) in [6.45, 7) is 18.9. The summed E-state index contributed by atoms with van der Waals surface area (Å²) in [5, 5.41) is 0. The maximum atomic E-state index is 12.9. The third-order valence-corrected chi connectivity index (χ3v) is 10.8. The molecular weight excluding hydrogens is 663 g/mol. The number of likely N-dealkylation sites (tertiary alicyclic amines) is 1. The molecule has 0 aromatic heterocycles. The third kappa shape index (κ3) is 28.6. The van der Waals surface area contributed by atoms with Gasteiger partial charge in [-0.3, -0.25) is 0 Å². The van der Waals surface area contributed by atoms with E-state index in [1.807, 2.05) is 41.5 Å². The molecule has 0 bridgehead atoms. The van der Waals surface area contributed by atoms with Crippen molar-refractivity contribution in [2.75, 3.05) is 26.2 Å². The second kappa shape index (κ2) is 29.7. The highest BCUT2D eigenvalue weighted by Crippen LogP contribution is 2.29. The first-order valence-corrected chi connectivity index (χ1v) is 22.9. The number of ether oxygens (including phenoxy) is 4. The van der Waals surface area contributed by atoms with E-state index in [1.54, 1.807) is 0 Å². The molecule has 0 saturated carbocycles. The number of rotatable bonds is 32. The predicted octanol–water partition coefficient (Wildman–Crippen LogP) is 14.4. The number of carbonyl (C=O) groups is 2. The molecule has 1 saturated heterocycles. The monoisotopic (exact) mass is 753 g/mol. The molecule has 0 amide bonds. The summed E-state index contributed by atoms with van der Waals surface area (Å²) in [6.07, 6.45) is 35.0. The lowest BCUT2D eigenvalue weighted by atomic mass is 10.0. The molecule has 0 aromatic rings. The van der Waals surface area contributed by atoms with E-state index < -0.39 is 35.7 Å². The zero-order valence-electron chi connectivity index (χ0n) is 36.7. The van der Waals surface area contributed by atoms with Crippen LogP contribution in [-0.2, 0) is 18.9 Å². The minimum absolute atomic E-state index is 0.560. The molecule has 0 radical (unpaired) electrons. The molecule has 7 heteroatoms. The minimum Gasteiger partial charge on any atom is -0.429 e. The van der Waals surface area contributed by atoms with Gasteiger partial charge in [0, 0.05) is 0 Å². The van der Waals surface area contributed by atoms with Gasteiger partial charge in [0.25, 0.3) is 0 Å². The van der Waals surface area contributed by atoms with Crippen LogP contribution in [0.1, 0.15) is 235 Å². The van der Waals surface area contributed by atoms with Crippen LogP contribution in [0.3, 0.4) is 0 Å². The molecular formula is C46H90NO6+. The first-order valence-electron chi connectivity index (χ1n) is 22.9. The van der Waals surface area contributed by atoms with Gasteiger partial charge in [-0.05, 0) is 67.2 Å². The van der Waals surface area contributed by atoms with Crippen LogP contribution in [0.15, 0.2) is 0 Å². The molecule has 53 heavy (non-hydrogen) atoms. The van der Waals surface area contributed by atoms with Crippen LogP contribution in [0.4, 0.5) is 9.59 Å². The van der Waals surface area contributed by atoms with Crippen LogP contribution < -0.4 is 0 Å². The highest BCUT2D eigenvalue weighted by molar-refractivity contribution is 5.62. The van der Waals surface area contributed by atoms with Crippen molar-refractivity contribution >= 4 is 12.3 Å².